The number of aromatic amines is 1. The molecule has 0 saturated heterocycles. The number of aromatic nitrogens is 2. The lowest BCUT2D eigenvalue weighted by atomic mass is 9.91. The van der Waals surface area contributed by atoms with E-state index in [0.29, 0.717) is 5.56 Å². The van der Waals surface area contributed by atoms with Crippen LogP contribution in [0.25, 0.3) is 33.2 Å². The molecule has 3 N–H and O–H groups in total. The highest BCUT2D eigenvalue weighted by atomic mass is 14.8. The number of anilines is 1. The van der Waals surface area contributed by atoms with Gasteiger partial charge in [0.15, 0.2) is 0 Å². The first-order valence-corrected chi connectivity index (χ1v) is 8.02. The highest BCUT2D eigenvalue weighted by Gasteiger charge is 2.21. The SMILES string of the molecule is Cc1[nH]c2ccccc2c1-c1c(-c2ccccc2)cnc(N)c1C#N. The maximum atomic E-state index is 9.75. The van der Waals surface area contributed by atoms with Crippen molar-refractivity contribution in [3.8, 4) is 28.3 Å². The molecule has 25 heavy (non-hydrogen) atoms. The predicted molar refractivity (Wildman–Crippen MR) is 101 cm³/mol. The Balaban J connectivity index is 2.15. The lowest BCUT2D eigenvalue weighted by Gasteiger charge is -2.13. The van der Waals surface area contributed by atoms with Crippen molar-refractivity contribution < 1.29 is 0 Å². The summed E-state index contributed by atoms with van der Waals surface area (Å²) in [7, 11) is 0. The van der Waals surface area contributed by atoms with E-state index in [1.54, 1.807) is 6.20 Å². The van der Waals surface area contributed by atoms with Gasteiger partial charge in [0.05, 0.1) is 0 Å². The summed E-state index contributed by atoms with van der Waals surface area (Å²) in [6, 6.07) is 20.3. The number of fused-ring (bicyclic) bond motifs is 1. The molecule has 4 nitrogen and oxygen atoms in total. The van der Waals surface area contributed by atoms with Crippen molar-refractivity contribution in [1.29, 1.82) is 5.26 Å². The molecular weight excluding hydrogens is 308 g/mol. The van der Waals surface area contributed by atoms with Crippen LogP contribution >= 0.6 is 0 Å². The molecule has 0 bridgehead atoms. The molecule has 2 aromatic carbocycles. The van der Waals surface area contributed by atoms with Gasteiger partial charge in [-0.05, 0) is 18.6 Å². The maximum Gasteiger partial charge on any atom is 0.141 e. The van der Waals surface area contributed by atoms with Crippen LogP contribution in [0.2, 0.25) is 0 Å². The summed E-state index contributed by atoms with van der Waals surface area (Å²) in [5.41, 5.74) is 12.2. The van der Waals surface area contributed by atoms with Crippen molar-refractivity contribution in [3.63, 3.8) is 0 Å². The number of H-pyrrole nitrogens is 1. The number of hydrogen-bond donors (Lipinski definition) is 2. The van der Waals surface area contributed by atoms with Gasteiger partial charge in [0, 0.05) is 39.5 Å². The van der Waals surface area contributed by atoms with E-state index in [2.05, 4.69) is 22.1 Å². The third-order valence-electron chi connectivity index (χ3n) is 4.45. The summed E-state index contributed by atoms with van der Waals surface area (Å²) >= 11 is 0. The first-order valence-electron chi connectivity index (χ1n) is 8.02. The number of nitrogens with one attached hydrogen (secondary N) is 1. The Hall–Kier alpha value is -3.58. The zero-order chi connectivity index (χ0) is 17.4. The van der Waals surface area contributed by atoms with Gasteiger partial charge in [0.1, 0.15) is 17.5 Å². The summed E-state index contributed by atoms with van der Waals surface area (Å²) in [6.45, 7) is 2.02. The molecule has 0 saturated carbocycles. The highest BCUT2D eigenvalue weighted by Crippen LogP contribution is 2.41. The van der Waals surface area contributed by atoms with Crippen molar-refractivity contribution in [2.75, 3.05) is 5.73 Å². The molecule has 0 aliphatic carbocycles. The van der Waals surface area contributed by atoms with Crippen molar-refractivity contribution in [3.05, 3.63) is 72.1 Å². The Labute approximate surface area is 145 Å². The van der Waals surface area contributed by atoms with Crippen molar-refractivity contribution in [2.24, 2.45) is 0 Å². The molecule has 0 radical (unpaired) electrons. The minimum atomic E-state index is 0.252. The normalized spacial score (nSPS) is 10.7. The number of hydrogen-bond acceptors (Lipinski definition) is 3. The van der Waals surface area contributed by atoms with Crippen LogP contribution in [0.15, 0.2) is 60.8 Å². The second kappa shape index (κ2) is 5.81. The minimum absolute atomic E-state index is 0.252. The summed E-state index contributed by atoms with van der Waals surface area (Å²) in [5.74, 6) is 0.252. The lowest BCUT2D eigenvalue weighted by Crippen LogP contribution is -2.00. The molecule has 2 aromatic heterocycles. The van der Waals surface area contributed by atoms with Crippen LogP contribution in [0.5, 0.6) is 0 Å². The number of nitrogens with two attached hydrogens (primary N) is 1. The van der Waals surface area contributed by atoms with Crippen LogP contribution in [0.3, 0.4) is 0 Å². The molecular formula is C21H16N4. The van der Waals surface area contributed by atoms with Gasteiger partial charge >= 0.3 is 0 Å². The van der Waals surface area contributed by atoms with Gasteiger partial charge in [0.25, 0.3) is 0 Å². The number of pyridine rings is 1. The van der Waals surface area contributed by atoms with Gasteiger partial charge in [-0.3, -0.25) is 0 Å². The third-order valence-corrected chi connectivity index (χ3v) is 4.45. The van der Waals surface area contributed by atoms with Gasteiger partial charge in [0.2, 0.25) is 0 Å². The Kier molecular flexibility index (Phi) is 3.48. The van der Waals surface area contributed by atoms with E-state index in [4.69, 9.17) is 5.73 Å². The van der Waals surface area contributed by atoms with Gasteiger partial charge < -0.3 is 10.7 Å². The summed E-state index contributed by atoms with van der Waals surface area (Å²) in [4.78, 5) is 7.66. The number of aryl methyl sites for hydroxylation is 1. The number of nitriles is 1. The largest absolute Gasteiger partial charge is 0.383 e. The number of nitrogens with zero attached hydrogens (tertiary/aromatic N) is 2. The Bertz CT molecular complexity index is 1120. The van der Waals surface area contributed by atoms with E-state index in [1.807, 2.05) is 55.5 Å². The quantitative estimate of drug-likeness (QED) is 0.563. The van der Waals surface area contributed by atoms with Crippen LogP contribution in [-0.2, 0) is 0 Å². The first-order chi connectivity index (χ1) is 12.2. The fraction of sp³-hybridized carbons (Fsp3) is 0.0476. The van der Waals surface area contributed by atoms with E-state index < -0.39 is 0 Å². The molecule has 0 amide bonds. The third kappa shape index (κ3) is 2.34. The summed E-state index contributed by atoms with van der Waals surface area (Å²) < 4.78 is 0. The van der Waals surface area contributed by atoms with E-state index in [1.165, 1.54) is 0 Å². The number of benzene rings is 2. The summed E-state index contributed by atoms with van der Waals surface area (Å²) in [6.07, 6.45) is 1.75. The molecule has 4 aromatic rings. The van der Waals surface area contributed by atoms with Crippen LogP contribution in [0.4, 0.5) is 5.82 Å². The average molecular weight is 324 g/mol. The molecule has 0 fully saturated rings. The summed E-state index contributed by atoms with van der Waals surface area (Å²) in [5, 5.41) is 10.8. The Morgan fingerprint density at radius 1 is 1.00 bits per heavy atom. The molecule has 0 aliphatic rings. The second-order valence-corrected chi connectivity index (χ2v) is 5.96. The van der Waals surface area contributed by atoms with E-state index in [-0.39, 0.29) is 5.82 Å². The van der Waals surface area contributed by atoms with Gasteiger partial charge in [-0.1, -0.05) is 48.5 Å². The van der Waals surface area contributed by atoms with Crippen LogP contribution < -0.4 is 5.73 Å². The van der Waals surface area contributed by atoms with Crippen LogP contribution in [-0.4, -0.2) is 9.97 Å². The smallest absolute Gasteiger partial charge is 0.141 e. The van der Waals surface area contributed by atoms with Crippen LogP contribution in [0, 0.1) is 18.3 Å². The van der Waals surface area contributed by atoms with Crippen molar-refractivity contribution >= 4 is 16.7 Å². The molecule has 0 unspecified atom stereocenters. The topological polar surface area (TPSA) is 78.5 Å². The van der Waals surface area contributed by atoms with Crippen molar-refractivity contribution in [1.82, 2.24) is 9.97 Å². The fourth-order valence-corrected chi connectivity index (χ4v) is 3.33. The Morgan fingerprint density at radius 3 is 2.48 bits per heavy atom. The van der Waals surface area contributed by atoms with Gasteiger partial charge in [-0.2, -0.15) is 5.26 Å². The maximum absolute atomic E-state index is 9.75. The van der Waals surface area contributed by atoms with E-state index in [0.717, 1.165) is 38.9 Å². The van der Waals surface area contributed by atoms with Gasteiger partial charge in [-0.25, -0.2) is 4.98 Å². The molecule has 0 spiro atoms. The van der Waals surface area contributed by atoms with Crippen LogP contribution in [0.1, 0.15) is 11.3 Å². The molecule has 0 atom stereocenters. The number of para-hydroxylation sites is 1. The lowest BCUT2D eigenvalue weighted by molar-refractivity contribution is 1.28. The minimum Gasteiger partial charge on any atom is -0.383 e. The monoisotopic (exact) mass is 324 g/mol. The standard InChI is InChI=1S/C21H16N4/c1-13-19(15-9-5-6-10-18(15)25-13)20-16(11-22)21(23)24-12-17(20)14-7-3-2-4-8-14/h2-10,12,25H,1H3,(H2,23,24). The second-order valence-electron chi connectivity index (χ2n) is 5.96. The van der Waals surface area contributed by atoms with Gasteiger partial charge in [-0.15, -0.1) is 0 Å². The number of nitrogen functional groups attached to an aromatic ring is 1. The fourth-order valence-electron chi connectivity index (χ4n) is 3.33. The zero-order valence-corrected chi connectivity index (χ0v) is 13.7. The highest BCUT2D eigenvalue weighted by molar-refractivity contribution is 6.03. The molecule has 0 aliphatic heterocycles. The predicted octanol–water partition coefficient (Wildman–Crippen LogP) is 4.66. The Morgan fingerprint density at radius 2 is 1.72 bits per heavy atom. The molecule has 2 heterocycles. The molecule has 4 heteroatoms. The zero-order valence-electron chi connectivity index (χ0n) is 13.7. The van der Waals surface area contributed by atoms with Crippen molar-refractivity contribution in [2.45, 2.75) is 6.92 Å². The van der Waals surface area contributed by atoms with E-state index in [9.17, 15) is 5.26 Å². The number of rotatable bonds is 2. The van der Waals surface area contributed by atoms with E-state index >= 15 is 0 Å². The molecule has 4 rings (SSSR count). The first kappa shape index (κ1) is 15.0. The molecule has 120 valence electrons. The average Bonchev–Trinajstić information content (AvgIpc) is 2.97.